The zero-order valence-corrected chi connectivity index (χ0v) is 21.9. The monoisotopic (exact) mass is 456 g/mol. The zero-order valence-electron chi connectivity index (χ0n) is 21.9. The first kappa shape index (κ1) is 27.0. The highest BCUT2D eigenvalue weighted by Crippen LogP contribution is 2.48. The van der Waals surface area contributed by atoms with Crippen molar-refractivity contribution in [1.82, 2.24) is 0 Å². The van der Waals surface area contributed by atoms with Crippen LogP contribution < -0.4 is 9.47 Å². The molecule has 0 aliphatic heterocycles. The molecule has 0 bridgehead atoms. The molecule has 1 aliphatic rings. The van der Waals surface area contributed by atoms with Gasteiger partial charge in [-0.15, -0.1) is 0 Å². The Morgan fingerprint density at radius 2 is 1.73 bits per heavy atom. The van der Waals surface area contributed by atoms with Gasteiger partial charge < -0.3 is 14.2 Å². The highest BCUT2D eigenvalue weighted by molar-refractivity contribution is 5.66. The van der Waals surface area contributed by atoms with Crippen LogP contribution in [0.25, 0.3) is 0 Å². The second-order valence-electron chi connectivity index (χ2n) is 10.1. The first-order chi connectivity index (χ1) is 15.6. The summed E-state index contributed by atoms with van der Waals surface area (Å²) < 4.78 is 17.2. The van der Waals surface area contributed by atoms with Crippen LogP contribution in [-0.2, 0) is 14.9 Å². The van der Waals surface area contributed by atoms with Gasteiger partial charge in [0, 0.05) is 18.4 Å². The maximum Gasteiger partial charge on any atom is 0.302 e. The second kappa shape index (κ2) is 12.3. The Morgan fingerprint density at radius 1 is 1.09 bits per heavy atom. The predicted molar refractivity (Wildman–Crippen MR) is 136 cm³/mol. The van der Waals surface area contributed by atoms with E-state index in [-0.39, 0.29) is 23.2 Å². The van der Waals surface area contributed by atoms with Crippen LogP contribution in [0.15, 0.2) is 35.9 Å². The van der Waals surface area contributed by atoms with Crippen LogP contribution in [-0.4, -0.2) is 26.8 Å². The lowest BCUT2D eigenvalue weighted by Gasteiger charge is -2.34. The molecule has 2 atom stereocenters. The van der Waals surface area contributed by atoms with Gasteiger partial charge in [0.25, 0.3) is 0 Å². The fourth-order valence-electron chi connectivity index (χ4n) is 4.92. The van der Waals surface area contributed by atoms with Gasteiger partial charge in [0.05, 0.1) is 14.2 Å². The van der Waals surface area contributed by atoms with Gasteiger partial charge >= 0.3 is 5.97 Å². The quantitative estimate of drug-likeness (QED) is 0.185. The van der Waals surface area contributed by atoms with E-state index < -0.39 is 0 Å². The van der Waals surface area contributed by atoms with Crippen molar-refractivity contribution < 1.29 is 19.0 Å². The van der Waals surface area contributed by atoms with Gasteiger partial charge in [-0.2, -0.15) is 0 Å². The molecule has 0 amide bonds. The molecule has 33 heavy (non-hydrogen) atoms. The Hall–Kier alpha value is -2.23. The van der Waals surface area contributed by atoms with Crippen LogP contribution in [0, 0.1) is 5.92 Å². The van der Waals surface area contributed by atoms with Crippen LogP contribution in [0.5, 0.6) is 11.5 Å². The minimum Gasteiger partial charge on any atom is -0.496 e. The summed E-state index contributed by atoms with van der Waals surface area (Å²) in [4.78, 5) is 11.4. The van der Waals surface area contributed by atoms with E-state index in [1.807, 2.05) is 0 Å². The molecule has 4 nitrogen and oxygen atoms in total. The molecule has 1 aliphatic carbocycles. The van der Waals surface area contributed by atoms with Gasteiger partial charge in [-0.3, -0.25) is 4.79 Å². The number of methoxy groups -OCH3 is 2. The van der Waals surface area contributed by atoms with E-state index in [0.29, 0.717) is 6.61 Å². The normalized spacial score (nSPS) is 18.5. The maximum absolute atomic E-state index is 11.4. The number of rotatable bonds is 12. The summed E-state index contributed by atoms with van der Waals surface area (Å²) >= 11 is 0. The molecule has 184 valence electrons. The number of carbonyl (C=O) groups excluding carboxylic acids is 1. The summed E-state index contributed by atoms with van der Waals surface area (Å²) in [6, 6.07) is 4.39. The van der Waals surface area contributed by atoms with Crippen LogP contribution in [0.4, 0.5) is 0 Å². The van der Waals surface area contributed by atoms with Gasteiger partial charge in [0.1, 0.15) is 18.1 Å². The Morgan fingerprint density at radius 3 is 2.24 bits per heavy atom. The van der Waals surface area contributed by atoms with Crippen molar-refractivity contribution in [2.24, 2.45) is 5.92 Å². The Labute approximate surface area is 201 Å². The van der Waals surface area contributed by atoms with E-state index in [1.165, 1.54) is 38.2 Å². The highest BCUT2D eigenvalue weighted by atomic mass is 16.5. The summed E-state index contributed by atoms with van der Waals surface area (Å²) in [6.07, 6.45) is 10.2. The first-order valence-corrected chi connectivity index (χ1v) is 12.4. The molecule has 2 rings (SSSR count). The third kappa shape index (κ3) is 7.12. The maximum atomic E-state index is 11.4. The molecule has 0 heterocycles. The van der Waals surface area contributed by atoms with E-state index in [1.54, 1.807) is 14.2 Å². The van der Waals surface area contributed by atoms with Crippen LogP contribution in [0.2, 0.25) is 0 Å². The molecular formula is C29H44O4. The summed E-state index contributed by atoms with van der Waals surface area (Å²) in [5, 5.41) is 0. The summed E-state index contributed by atoms with van der Waals surface area (Å²) in [5.41, 5.74) is 4.61. The van der Waals surface area contributed by atoms with Crippen LogP contribution >= 0.6 is 0 Å². The fraction of sp³-hybridized carbons (Fsp3) is 0.621. The van der Waals surface area contributed by atoms with Gasteiger partial charge in [-0.05, 0) is 60.8 Å². The van der Waals surface area contributed by atoms with Gasteiger partial charge in [0.15, 0.2) is 0 Å². The molecule has 1 unspecified atom stereocenters. The Kier molecular flexibility index (Phi) is 10.1. The van der Waals surface area contributed by atoms with Gasteiger partial charge in [-0.25, -0.2) is 0 Å². The SMILES string of the molecule is C=C(C)[C@@H]1CCC(COC(C)=O)=CC1c1c(OC)cc(C(C)(C)CCCCCC)cc1OC. The number of carbonyl (C=O) groups is 1. The van der Waals surface area contributed by atoms with E-state index in [9.17, 15) is 4.79 Å². The number of benzene rings is 1. The number of hydrogen-bond acceptors (Lipinski definition) is 4. The van der Waals surface area contributed by atoms with E-state index in [4.69, 9.17) is 14.2 Å². The number of ether oxygens (including phenoxy) is 3. The largest absolute Gasteiger partial charge is 0.496 e. The third-order valence-electron chi connectivity index (χ3n) is 7.03. The Bertz CT molecular complexity index is 824. The lowest BCUT2D eigenvalue weighted by Crippen LogP contribution is -2.22. The van der Waals surface area contributed by atoms with E-state index in [0.717, 1.165) is 47.5 Å². The van der Waals surface area contributed by atoms with E-state index in [2.05, 4.69) is 52.5 Å². The second-order valence-corrected chi connectivity index (χ2v) is 10.1. The van der Waals surface area contributed by atoms with Gasteiger partial charge in [0.2, 0.25) is 0 Å². The minimum atomic E-state index is -0.254. The van der Waals surface area contributed by atoms with Crippen LogP contribution in [0.3, 0.4) is 0 Å². The van der Waals surface area contributed by atoms with Crippen molar-refractivity contribution in [2.75, 3.05) is 20.8 Å². The molecule has 0 fully saturated rings. The first-order valence-electron chi connectivity index (χ1n) is 12.4. The smallest absolute Gasteiger partial charge is 0.302 e. The average molecular weight is 457 g/mol. The highest BCUT2D eigenvalue weighted by Gasteiger charge is 2.33. The number of unbranched alkanes of at least 4 members (excludes halogenated alkanes) is 3. The third-order valence-corrected chi connectivity index (χ3v) is 7.03. The molecule has 4 heteroatoms. The van der Waals surface area contributed by atoms with Gasteiger partial charge in [-0.1, -0.05) is 64.7 Å². The predicted octanol–water partition coefficient (Wildman–Crippen LogP) is 7.51. The molecule has 1 aromatic rings. The van der Waals surface area contributed by atoms with E-state index >= 15 is 0 Å². The molecule has 0 radical (unpaired) electrons. The van der Waals surface area contributed by atoms with Crippen molar-refractivity contribution >= 4 is 5.97 Å². The number of esters is 1. The zero-order chi connectivity index (χ0) is 24.6. The van der Waals surface area contributed by atoms with Crippen molar-refractivity contribution in [1.29, 1.82) is 0 Å². The molecule has 1 aromatic carbocycles. The topological polar surface area (TPSA) is 44.8 Å². The standard InChI is InChI=1S/C29H44O4/c1-9-10-11-12-15-29(5,6)23-17-26(31-7)28(27(18-23)32-8)25-16-22(19-33-21(4)30)13-14-24(25)20(2)3/h16-18,24-25H,2,9-15,19H2,1,3-8H3/t24-,25?/m0/s1. The lowest BCUT2D eigenvalue weighted by molar-refractivity contribution is -0.140. The fourth-order valence-corrected chi connectivity index (χ4v) is 4.92. The molecule has 0 N–H and O–H groups in total. The van der Waals surface area contributed by atoms with Crippen molar-refractivity contribution in [3.05, 3.63) is 47.1 Å². The summed E-state index contributed by atoms with van der Waals surface area (Å²) in [6.45, 7) is 15.0. The molecule has 0 saturated carbocycles. The van der Waals surface area contributed by atoms with Crippen LogP contribution in [0.1, 0.15) is 96.6 Å². The summed E-state index contributed by atoms with van der Waals surface area (Å²) in [5.74, 6) is 1.80. The van der Waals surface area contributed by atoms with Crippen molar-refractivity contribution in [2.45, 2.75) is 90.9 Å². The molecule has 0 spiro atoms. The van der Waals surface area contributed by atoms with Crippen molar-refractivity contribution in [3.63, 3.8) is 0 Å². The lowest BCUT2D eigenvalue weighted by atomic mass is 9.72. The molecule has 0 aromatic heterocycles. The Balaban J connectivity index is 2.49. The molecule has 0 saturated heterocycles. The summed E-state index contributed by atoms with van der Waals surface area (Å²) in [7, 11) is 3.47. The minimum absolute atomic E-state index is 0.0312. The molecular weight excluding hydrogens is 412 g/mol. The number of allylic oxidation sites excluding steroid dienone is 2. The average Bonchev–Trinajstić information content (AvgIpc) is 2.79. The number of hydrogen-bond donors (Lipinski definition) is 0. The van der Waals surface area contributed by atoms with Crippen molar-refractivity contribution in [3.8, 4) is 11.5 Å².